The number of nitrogens with one attached hydrogen (secondary N) is 2. The molecule has 3 aromatic rings. The quantitative estimate of drug-likeness (QED) is 0.127. The lowest BCUT2D eigenvalue weighted by Gasteiger charge is -2.23. The number of hydrogen-bond acceptors (Lipinski definition) is 8. The van der Waals surface area contributed by atoms with Crippen LogP contribution in [-0.2, 0) is 18.3 Å². The molecular formula is C20H24N2O14P4. The molecule has 0 aliphatic rings. The molecule has 0 radical (unpaired) electrons. The maximum atomic E-state index is 11.7. The minimum atomic E-state index is -5.30. The van der Waals surface area contributed by atoms with Crippen molar-refractivity contribution in [3.8, 4) is 23.0 Å². The van der Waals surface area contributed by atoms with Gasteiger partial charge in [0.15, 0.2) is 11.5 Å². The van der Waals surface area contributed by atoms with E-state index >= 15 is 0 Å². The third kappa shape index (κ3) is 8.73. The lowest BCUT2D eigenvalue weighted by Crippen LogP contribution is -2.20. The first kappa shape index (κ1) is 32.0. The van der Waals surface area contributed by atoms with E-state index in [0.29, 0.717) is 0 Å². The van der Waals surface area contributed by atoms with Crippen molar-refractivity contribution < 1.29 is 66.9 Å². The first-order chi connectivity index (χ1) is 18.4. The Labute approximate surface area is 226 Å². The highest BCUT2D eigenvalue weighted by Gasteiger charge is 2.45. The average molecular weight is 640 g/mol. The Hall–Kier alpha value is -2.54. The number of ether oxygens (including phenoxy) is 2. The standard InChI is InChI=1S/C20H24N2O14P4/c23-37(24,25)19(38(26,27)28)21-15-8-1-3-10-17(15)35-13-6-5-7-14(12-13)36-18-11-4-2-9-16(18)22-20(39(29,30)31)40(32,33)34/h1-12,19-22H,(H2,23,24,25)(H2,26,27,28)(H2,29,30,31)(H2,32,33,34). The number of hydrogen-bond donors (Lipinski definition) is 10. The molecule has 0 aliphatic carbocycles. The summed E-state index contributed by atoms with van der Waals surface area (Å²) in [7, 11) is -21.2. The molecule has 0 bridgehead atoms. The van der Waals surface area contributed by atoms with Gasteiger partial charge in [0.2, 0.25) is 11.0 Å². The molecule has 3 rings (SSSR count). The number of para-hydroxylation sites is 4. The Morgan fingerprint density at radius 2 is 0.825 bits per heavy atom. The molecule has 0 saturated carbocycles. The van der Waals surface area contributed by atoms with Crippen LogP contribution in [0.5, 0.6) is 23.0 Å². The zero-order valence-corrected chi connectivity index (χ0v) is 23.5. The minimum absolute atomic E-state index is 0.0697. The van der Waals surface area contributed by atoms with Crippen molar-refractivity contribution in [2.24, 2.45) is 0 Å². The third-order valence-electron chi connectivity index (χ3n) is 4.88. The van der Waals surface area contributed by atoms with Crippen LogP contribution in [0.4, 0.5) is 11.4 Å². The highest BCUT2D eigenvalue weighted by Crippen LogP contribution is 2.61. The second-order valence-corrected chi connectivity index (χ2v) is 15.7. The molecule has 0 atom stereocenters. The Morgan fingerprint density at radius 3 is 1.15 bits per heavy atom. The van der Waals surface area contributed by atoms with Crippen LogP contribution in [0.3, 0.4) is 0 Å². The van der Waals surface area contributed by atoms with Gasteiger partial charge in [-0.2, -0.15) is 0 Å². The highest BCUT2D eigenvalue weighted by molar-refractivity contribution is 7.71. The Kier molecular flexibility index (Phi) is 9.70. The zero-order chi connectivity index (χ0) is 29.9. The van der Waals surface area contributed by atoms with Gasteiger partial charge in [-0.1, -0.05) is 30.3 Å². The third-order valence-corrected chi connectivity index (χ3v) is 11.6. The molecule has 0 saturated heterocycles. The molecule has 16 nitrogen and oxygen atoms in total. The summed E-state index contributed by atoms with van der Waals surface area (Å²) in [5, 5.41) is 4.27. The fourth-order valence-corrected chi connectivity index (χ4v) is 7.58. The largest absolute Gasteiger partial charge is 0.455 e. The fraction of sp³-hybridized carbons (Fsp3) is 0.100. The molecule has 3 aromatic carbocycles. The molecular weight excluding hydrogens is 616 g/mol. The molecule has 0 spiro atoms. The molecule has 218 valence electrons. The topological polar surface area (TPSA) is 273 Å². The summed E-state index contributed by atoms with van der Waals surface area (Å²) in [4.78, 5) is 75.2. The van der Waals surface area contributed by atoms with E-state index in [2.05, 4.69) is 10.6 Å². The van der Waals surface area contributed by atoms with Gasteiger partial charge in [-0.05, 0) is 36.4 Å². The van der Waals surface area contributed by atoms with Crippen LogP contribution in [-0.4, -0.2) is 50.2 Å². The van der Waals surface area contributed by atoms with E-state index in [9.17, 15) is 57.4 Å². The van der Waals surface area contributed by atoms with Crippen LogP contribution in [0.2, 0.25) is 0 Å². The van der Waals surface area contributed by atoms with Crippen molar-refractivity contribution in [1.82, 2.24) is 0 Å². The van der Waals surface area contributed by atoms with Crippen LogP contribution in [0.15, 0.2) is 72.8 Å². The van der Waals surface area contributed by atoms with Crippen molar-refractivity contribution in [2.75, 3.05) is 10.6 Å². The highest BCUT2D eigenvalue weighted by atomic mass is 31.2. The molecule has 20 heteroatoms. The van der Waals surface area contributed by atoms with Crippen molar-refractivity contribution in [2.45, 2.75) is 11.0 Å². The number of anilines is 2. The number of rotatable bonds is 12. The van der Waals surface area contributed by atoms with Crippen molar-refractivity contribution >= 4 is 41.8 Å². The molecule has 0 aromatic heterocycles. The molecule has 40 heavy (non-hydrogen) atoms. The lowest BCUT2D eigenvalue weighted by atomic mass is 10.2. The maximum absolute atomic E-state index is 11.7. The van der Waals surface area contributed by atoms with Crippen molar-refractivity contribution in [1.29, 1.82) is 0 Å². The van der Waals surface area contributed by atoms with Crippen LogP contribution in [0, 0.1) is 0 Å². The fourth-order valence-electron chi connectivity index (χ4n) is 3.21. The molecule has 0 fully saturated rings. The Bertz CT molecular complexity index is 1390. The van der Waals surface area contributed by atoms with Crippen LogP contribution < -0.4 is 20.1 Å². The summed E-state index contributed by atoms with van der Waals surface area (Å²) >= 11 is 0. The van der Waals surface area contributed by atoms with Gasteiger partial charge < -0.3 is 59.3 Å². The number of benzene rings is 3. The molecule has 10 N–H and O–H groups in total. The molecule has 0 unspecified atom stereocenters. The van der Waals surface area contributed by atoms with Gasteiger partial charge in [-0.3, -0.25) is 18.3 Å². The summed E-state index contributed by atoms with van der Waals surface area (Å²) < 4.78 is 58.1. The average Bonchev–Trinajstić information content (AvgIpc) is 2.80. The normalized spacial score (nSPS) is 12.8. The van der Waals surface area contributed by atoms with Crippen LogP contribution in [0.1, 0.15) is 0 Å². The van der Waals surface area contributed by atoms with E-state index in [1.165, 1.54) is 72.8 Å². The van der Waals surface area contributed by atoms with Gasteiger partial charge in [0.1, 0.15) is 11.5 Å². The van der Waals surface area contributed by atoms with Gasteiger partial charge in [0, 0.05) is 6.07 Å². The van der Waals surface area contributed by atoms with Gasteiger partial charge in [0.25, 0.3) is 0 Å². The zero-order valence-electron chi connectivity index (χ0n) is 19.9. The first-order valence-corrected chi connectivity index (χ1v) is 17.5. The second kappa shape index (κ2) is 12.1. The SMILES string of the molecule is O=P(O)(O)C(Nc1ccccc1Oc1cccc(Oc2ccccc2NC(P(=O)(O)O)P(=O)(O)O)c1)P(=O)(O)O. The van der Waals surface area contributed by atoms with Gasteiger partial charge in [-0.15, -0.1) is 0 Å². The van der Waals surface area contributed by atoms with Crippen molar-refractivity contribution in [3.05, 3.63) is 72.8 Å². The smallest absolute Gasteiger partial charge is 0.360 e. The van der Waals surface area contributed by atoms with Gasteiger partial charge >= 0.3 is 30.4 Å². The van der Waals surface area contributed by atoms with E-state index in [4.69, 9.17) is 9.47 Å². The summed E-state index contributed by atoms with van der Waals surface area (Å²) in [6.07, 6.45) is 0. The van der Waals surface area contributed by atoms with Gasteiger partial charge in [-0.25, -0.2) is 0 Å². The molecule has 0 heterocycles. The summed E-state index contributed by atoms with van der Waals surface area (Å²) in [6.45, 7) is 0. The van der Waals surface area contributed by atoms with Crippen LogP contribution >= 0.6 is 30.4 Å². The summed E-state index contributed by atoms with van der Waals surface area (Å²) in [5.74, 6) is 0.0355. The Balaban J connectivity index is 1.87. The predicted octanol–water partition coefficient (Wildman–Crippen LogP) is 3.37. The van der Waals surface area contributed by atoms with Crippen molar-refractivity contribution in [3.63, 3.8) is 0 Å². The maximum Gasteiger partial charge on any atom is 0.360 e. The summed E-state index contributed by atoms with van der Waals surface area (Å²) in [5.41, 5.74) is -5.37. The summed E-state index contributed by atoms with van der Waals surface area (Å²) in [6, 6.07) is 16.8. The van der Waals surface area contributed by atoms with Gasteiger partial charge in [0.05, 0.1) is 11.4 Å². The minimum Gasteiger partial charge on any atom is -0.455 e. The first-order valence-electron chi connectivity index (χ1n) is 10.7. The van der Waals surface area contributed by atoms with E-state index in [1.54, 1.807) is 0 Å². The van der Waals surface area contributed by atoms with E-state index in [0.717, 1.165) is 0 Å². The molecule has 0 aliphatic heterocycles. The molecule has 0 amide bonds. The van der Waals surface area contributed by atoms with E-state index < -0.39 is 41.4 Å². The Morgan fingerprint density at radius 1 is 0.500 bits per heavy atom. The van der Waals surface area contributed by atoms with Crippen LogP contribution in [0.25, 0.3) is 0 Å². The predicted molar refractivity (Wildman–Crippen MR) is 142 cm³/mol. The van der Waals surface area contributed by atoms with E-state index in [-0.39, 0.29) is 34.4 Å². The second-order valence-electron chi connectivity index (χ2n) is 8.06. The van der Waals surface area contributed by atoms with E-state index in [1.807, 2.05) is 0 Å². The monoisotopic (exact) mass is 640 g/mol. The lowest BCUT2D eigenvalue weighted by molar-refractivity contribution is 0.339.